The average Bonchev–Trinajstić information content (AvgIpc) is 1.85. The SMILES string of the molecule is O=C(O)Cc1cnnc(Cl)c1. The summed E-state index contributed by atoms with van der Waals surface area (Å²) in [5.41, 5.74) is 0.553. The van der Waals surface area contributed by atoms with E-state index in [0.717, 1.165) is 0 Å². The molecule has 0 aliphatic carbocycles. The summed E-state index contributed by atoms with van der Waals surface area (Å²) in [6.07, 6.45) is 1.30. The van der Waals surface area contributed by atoms with E-state index in [1.54, 1.807) is 0 Å². The minimum atomic E-state index is -0.908. The summed E-state index contributed by atoms with van der Waals surface area (Å²) in [5.74, 6) is -0.908. The van der Waals surface area contributed by atoms with E-state index < -0.39 is 5.97 Å². The molecule has 11 heavy (non-hydrogen) atoms. The van der Waals surface area contributed by atoms with Crippen molar-refractivity contribution in [2.75, 3.05) is 0 Å². The number of carboxylic acid groups (broad SMARTS) is 1. The minimum Gasteiger partial charge on any atom is -0.481 e. The molecule has 0 aromatic carbocycles. The molecule has 0 saturated heterocycles. The van der Waals surface area contributed by atoms with Crippen LogP contribution in [-0.4, -0.2) is 21.3 Å². The second-order valence-corrected chi connectivity index (χ2v) is 2.34. The smallest absolute Gasteiger partial charge is 0.307 e. The molecule has 1 N–H and O–H groups in total. The van der Waals surface area contributed by atoms with Crippen LogP contribution in [0.4, 0.5) is 0 Å². The van der Waals surface area contributed by atoms with Crippen LogP contribution in [0.25, 0.3) is 0 Å². The molecule has 58 valence electrons. The van der Waals surface area contributed by atoms with E-state index >= 15 is 0 Å². The van der Waals surface area contributed by atoms with Crippen molar-refractivity contribution in [2.45, 2.75) is 6.42 Å². The molecular formula is C6H5ClN2O2. The predicted molar refractivity (Wildman–Crippen MR) is 38.4 cm³/mol. The third kappa shape index (κ3) is 2.51. The lowest BCUT2D eigenvalue weighted by molar-refractivity contribution is -0.136. The lowest BCUT2D eigenvalue weighted by Gasteiger charge is -1.93. The molecule has 0 amide bonds. The second kappa shape index (κ2) is 3.30. The summed E-state index contributed by atoms with van der Waals surface area (Å²) in [7, 11) is 0. The summed E-state index contributed by atoms with van der Waals surface area (Å²) in [6, 6.07) is 1.47. The number of aromatic nitrogens is 2. The number of carboxylic acids is 1. The van der Waals surface area contributed by atoms with E-state index in [2.05, 4.69) is 10.2 Å². The second-order valence-electron chi connectivity index (χ2n) is 1.96. The van der Waals surface area contributed by atoms with Crippen molar-refractivity contribution in [1.29, 1.82) is 0 Å². The van der Waals surface area contributed by atoms with Crippen LogP contribution >= 0.6 is 11.6 Å². The molecule has 1 heterocycles. The highest BCUT2D eigenvalue weighted by Crippen LogP contribution is 2.05. The monoisotopic (exact) mass is 172 g/mol. The number of hydrogen-bond acceptors (Lipinski definition) is 3. The third-order valence-corrected chi connectivity index (χ3v) is 1.22. The Labute approximate surface area is 67.8 Å². The first-order chi connectivity index (χ1) is 5.18. The molecule has 1 aromatic heterocycles. The van der Waals surface area contributed by atoms with Crippen molar-refractivity contribution in [1.82, 2.24) is 10.2 Å². The van der Waals surface area contributed by atoms with Gasteiger partial charge in [0.25, 0.3) is 0 Å². The zero-order chi connectivity index (χ0) is 8.27. The molecule has 0 saturated carbocycles. The molecule has 5 heteroatoms. The van der Waals surface area contributed by atoms with Crippen LogP contribution in [0.5, 0.6) is 0 Å². The lowest BCUT2D eigenvalue weighted by Crippen LogP contribution is -2.00. The van der Waals surface area contributed by atoms with Gasteiger partial charge in [0, 0.05) is 0 Å². The molecule has 0 bridgehead atoms. The highest BCUT2D eigenvalue weighted by Gasteiger charge is 2.00. The Morgan fingerprint density at radius 2 is 2.45 bits per heavy atom. The van der Waals surface area contributed by atoms with Crippen molar-refractivity contribution in [3.05, 3.63) is 23.0 Å². The van der Waals surface area contributed by atoms with Crippen LogP contribution in [-0.2, 0) is 11.2 Å². The van der Waals surface area contributed by atoms with E-state index in [1.165, 1.54) is 12.3 Å². The molecule has 0 aliphatic rings. The first-order valence-corrected chi connectivity index (χ1v) is 3.25. The van der Waals surface area contributed by atoms with Gasteiger partial charge in [0.15, 0.2) is 5.15 Å². The number of carbonyl (C=O) groups is 1. The van der Waals surface area contributed by atoms with Gasteiger partial charge in [-0.2, -0.15) is 5.10 Å². The van der Waals surface area contributed by atoms with E-state index in [0.29, 0.717) is 5.56 Å². The summed E-state index contributed by atoms with van der Waals surface area (Å²) < 4.78 is 0. The van der Waals surface area contributed by atoms with Gasteiger partial charge in [-0.05, 0) is 11.6 Å². The minimum absolute atomic E-state index is 0.0742. The number of halogens is 1. The van der Waals surface area contributed by atoms with Gasteiger partial charge < -0.3 is 5.11 Å². The normalized spacial score (nSPS) is 9.55. The van der Waals surface area contributed by atoms with Crippen LogP contribution in [0.1, 0.15) is 5.56 Å². The van der Waals surface area contributed by atoms with Gasteiger partial charge in [0.2, 0.25) is 0 Å². The average molecular weight is 173 g/mol. The molecule has 0 radical (unpaired) electrons. The quantitative estimate of drug-likeness (QED) is 0.715. The standard InChI is InChI=1S/C6H5ClN2O2/c7-5-1-4(2-6(10)11)3-8-9-5/h1,3H,2H2,(H,10,11). The highest BCUT2D eigenvalue weighted by atomic mass is 35.5. The van der Waals surface area contributed by atoms with Crippen LogP contribution in [0.2, 0.25) is 5.15 Å². The number of rotatable bonds is 2. The molecule has 1 rings (SSSR count). The summed E-state index contributed by atoms with van der Waals surface area (Å²) >= 11 is 5.46. The zero-order valence-electron chi connectivity index (χ0n) is 5.49. The molecule has 0 aliphatic heterocycles. The Bertz CT molecular complexity index is 277. The fourth-order valence-electron chi connectivity index (χ4n) is 0.649. The van der Waals surface area contributed by atoms with E-state index in [4.69, 9.17) is 16.7 Å². The largest absolute Gasteiger partial charge is 0.481 e. The number of nitrogens with zero attached hydrogens (tertiary/aromatic N) is 2. The maximum atomic E-state index is 10.2. The van der Waals surface area contributed by atoms with Crippen molar-refractivity contribution in [2.24, 2.45) is 0 Å². The molecule has 1 aromatic rings. The Balaban J connectivity index is 2.79. The van der Waals surface area contributed by atoms with E-state index in [1.807, 2.05) is 0 Å². The molecule has 0 fully saturated rings. The summed E-state index contributed by atoms with van der Waals surface area (Å²) in [5, 5.41) is 15.5. The first kappa shape index (κ1) is 7.94. The van der Waals surface area contributed by atoms with Crippen molar-refractivity contribution in [3.8, 4) is 0 Å². The van der Waals surface area contributed by atoms with E-state index in [9.17, 15) is 4.79 Å². The predicted octanol–water partition coefficient (Wildman–Crippen LogP) is 0.757. The fraction of sp³-hybridized carbons (Fsp3) is 0.167. The van der Waals surface area contributed by atoms with Crippen LogP contribution in [0, 0.1) is 0 Å². The van der Waals surface area contributed by atoms with Gasteiger partial charge in [-0.25, -0.2) is 0 Å². The van der Waals surface area contributed by atoms with Gasteiger partial charge in [-0.1, -0.05) is 11.6 Å². The topological polar surface area (TPSA) is 63.1 Å². The molecule has 4 nitrogen and oxygen atoms in total. The van der Waals surface area contributed by atoms with Gasteiger partial charge in [0.05, 0.1) is 12.6 Å². The third-order valence-electron chi connectivity index (χ3n) is 1.04. The van der Waals surface area contributed by atoms with Gasteiger partial charge in [-0.3, -0.25) is 4.79 Å². The maximum absolute atomic E-state index is 10.2. The van der Waals surface area contributed by atoms with Gasteiger partial charge in [0.1, 0.15) is 0 Å². The van der Waals surface area contributed by atoms with Crippen LogP contribution < -0.4 is 0 Å². The first-order valence-electron chi connectivity index (χ1n) is 2.87. The Hall–Kier alpha value is -1.16. The maximum Gasteiger partial charge on any atom is 0.307 e. The van der Waals surface area contributed by atoms with Gasteiger partial charge >= 0.3 is 5.97 Å². The van der Waals surface area contributed by atoms with Crippen molar-refractivity contribution in [3.63, 3.8) is 0 Å². The lowest BCUT2D eigenvalue weighted by atomic mass is 10.2. The summed E-state index contributed by atoms with van der Waals surface area (Å²) in [4.78, 5) is 10.2. The molecule has 0 unspecified atom stereocenters. The summed E-state index contributed by atoms with van der Waals surface area (Å²) in [6.45, 7) is 0. The van der Waals surface area contributed by atoms with Gasteiger partial charge in [-0.15, -0.1) is 5.10 Å². The highest BCUT2D eigenvalue weighted by molar-refractivity contribution is 6.29. The fourth-order valence-corrected chi connectivity index (χ4v) is 0.832. The number of hydrogen-bond donors (Lipinski definition) is 1. The van der Waals surface area contributed by atoms with Crippen LogP contribution in [0.15, 0.2) is 12.3 Å². The Morgan fingerprint density at radius 3 is 3.00 bits per heavy atom. The number of aliphatic carboxylic acids is 1. The molecular weight excluding hydrogens is 168 g/mol. The Morgan fingerprint density at radius 1 is 1.73 bits per heavy atom. The zero-order valence-corrected chi connectivity index (χ0v) is 6.25. The molecule has 0 spiro atoms. The van der Waals surface area contributed by atoms with Crippen molar-refractivity contribution >= 4 is 17.6 Å². The molecule has 0 atom stereocenters. The van der Waals surface area contributed by atoms with E-state index in [-0.39, 0.29) is 11.6 Å². The Kier molecular flexibility index (Phi) is 2.38. The van der Waals surface area contributed by atoms with Crippen LogP contribution in [0.3, 0.4) is 0 Å². The van der Waals surface area contributed by atoms with Crippen molar-refractivity contribution < 1.29 is 9.90 Å².